The SMILES string of the molecule is OCCCC[C@@H]1CCCNC1. The van der Waals surface area contributed by atoms with E-state index in [1.54, 1.807) is 0 Å². The van der Waals surface area contributed by atoms with Crippen molar-refractivity contribution in [2.24, 2.45) is 5.92 Å². The van der Waals surface area contributed by atoms with Gasteiger partial charge in [-0.05, 0) is 44.7 Å². The summed E-state index contributed by atoms with van der Waals surface area (Å²) in [5.41, 5.74) is 0. The Labute approximate surface area is 69.0 Å². The van der Waals surface area contributed by atoms with Crippen LogP contribution in [0.4, 0.5) is 0 Å². The van der Waals surface area contributed by atoms with E-state index in [9.17, 15) is 0 Å². The molecule has 66 valence electrons. The Kier molecular flexibility index (Phi) is 4.55. The molecule has 0 radical (unpaired) electrons. The van der Waals surface area contributed by atoms with Crippen molar-refractivity contribution in [2.45, 2.75) is 32.1 Å². The Morgan fingerprint density at radius 3 is 2.91 bits per heavy atom. The predicted molar refractivity (Wildman–Crippen MR) is 46.5 cm³/mol. The first kappa shape index (κ1) is 9.01. The lowest BCUT2D eigenvalue weighted by atomic mass is 9.94. The van der Waals surface area contributed by atoms with Crippen LogP contribution in [0, 0.1) is 5.92 Å². The molecule has 1 fully saturated rings. The molecular formula is C9H19NO. The van der Waals surface area contributed by atoms with Gasteiger partial charge in [-0.3, -0.25) is 0 Å². The molecular weight excluding hydrogens is 138 g/mol. The molecule has 1 rings (SSSR count). The van der Waals surface area contributed by atoms with Gasteiger partial charge in [0.15, 0.2) is 0 Å². The molecule has 0 aromatic carbocycles. The molecule has 0 aliphatic carbocycles. The first-order valence-electron chi connectivity index (χ1n) is 4.75. The van der Waals surface area contributed by atoms with Gasteiger partial charge in [0.05, 0.1) is 0 Å². The monoisotopic (exact) mass is 157 g/mol. The van der Waals surface area contributed by atoms with Gasteiger partial charge in [0.2, 0.25) is 0 Å². The molecule has 1 aliphatic heterocycles. The van der Waals surface area contributed by atoms with Gasteiger partial charge in [-0.25, -0.2) is 0 Å². The maximum atomic E-state index is 8.58. The Hall–Kier alpha value is -0.0800. The molecule has 1 atom stereocenters. The van der Waals surface area contributed by atoms with Crippen LogP contribution in [0.1, 0.15) is 32.1 Å². The third kappa shape index (κ3) is 3.73. The predicted octanol–water partition coefficient (Wildman–Crippen LogP) is 1.15. The van der Waals surface area contributed by atoms with E-state index < -0.39 is 0 Å². The van der Waals surface area contributed by atoms with Gasteiger partial charge < -0.3 is 10.4 Å². The van der Waals surface area contributed by atoms with E-state index in [1.165, 1.54) is 38.8 Å². The molecule has 0 bridgehead atoms. The zero-order valence-electron chi connectivity index (χ0n) is 7.18. The zero-order valence-corrected chi connectivity index (χ0v) is 7.18. The van der Waals surface area contributed by atoms with Crippen molar-refractivity contribution in [3.63, 3.8) is 0 Å². The molecule has 0 aromatic rings. The summed E-state index contributed by atoms with van der Waals surface area (Å²) < 4.78 is 0. The standard InChI is InChI=1S/C9H19NO/c11-7-2-1-4-9-5-3-6-10-8-9/h9-11H,1-8H2/t9-/m1/s1. The molecule has 1 saturated heterocycles. The fraction of sp³-hybridized carbons (Fsp3) is 1.00. The van der Waals surface area contributed by atoms with Gasteiger partial charge in [-0.1, -0.05) is 6.42 Å². The minimum atomic E-state index is 0.361. The minimum Gasteiger partial charge on any atom is -0.396 e. The topological polar surface area (TPSA) is 32.3 Å². The fourth-order valence-electron chi connectivity index (χ4n) is 1.72. The highest BCUT2D eigenvalue weighted by Gasteiger charge is 2.11. The van der Waals surface area contributed by atoms with Crippen LogP contribution in [0.25, 0.3) is 0 Å². The summed E-state index contributed by atoms with van der Waals surface area (Å²) in [7, 11) is 0. The van der Waals surface area contributed by atoms with Crippen molar-refractivity contribution >= 4 is 0 Å². The number of hydrogen-bond donors (Lipinski definition) is 2. The molecule has 2 nitrogen and oxygen atoms in total. The second-order valence-electron chi connectivity index (χ2n) is 3.43. The molecule has 0 saturated carbocycles. The largest absolute Gasteiger partial charge is 0.396 e. The van der Waals surface area contributed by atoms with Crippen molar-refractivity contribution in [3.05, 3.63) is 0 Å². The highest BCUT2D eigenvalue weighted by Crippen LogP contribution is 2.16. The Bertz CT molecular complexity index is 89.6. The number of hydrogen-bond acceptors (Lipinski definition) is 2. The van der Waals surface area contributed by atoms with Crippen LogP contribution >= 0.6 is 0 Å². The summed E-state index contributed by atoms with van der Waals surface area (Å²) in [5, 5.41) is 12.0. The molecule has 2 heteroatoms. The first-order chi connectivity index (χ1) is 5.43. The third-order valence-corrected chi connectivity index (χ3v) is 2.42. The van der Waals surface area contributed by atoms with Crippen LogP contribution in [0.2, 0.25) is 0 Å². The van der Waals surface area contributed by atoms with Crippen molar-refractivity contribution in [1.82, 2.24) is 5.32 Å². The lowest BCUT2D eigenvalue weighted by Crippen LogP contribution is -2.29. The van der Waals surface area contributed by atoms with E-state index in [2.05, 4.69) is 5.32 Å². The molecule has 0 spiro atoms. The van der Waals surface area contributed by atoms with Crippen LogP contribution in [-0.2, 0) is 0 Å². The number of rotatable bonds is 4. The van der Waals surface area contributed by atoms with Gasteiger partial charge >= 0.3 is 0 Å². The van der Waals surface area contributed by atoms with Gasteiger partial charge in [-0.15, -0.1) is 0 Å². The van der Waals surface area contributed by atoms with Crippen LogP contribution in [0.15, 0.2) is 0 Å². The molecule has 1 aliphatic rings. The van der Waals surface area contributed by atoms with Crippen molar-refractivity contribution in [3.8, 4) is 0 Å². The smallest absolute Gasteiger partial charge is 0.0431 e. The van der Waals surface area contributed by atoms with E-state index in [4.69, 9.17) is 5.11 Å². The van der Waals surface area contributed by atoms with Crippen LogP contribution in [0.5, 0.6) is 0 Å². The highest BCUT2D eigenvalue weighted by atomic mass is 16.2. The van der Waals surface area contributed by atoms with E-state index in [0.717, 1.165) is 12.3 Å². The van der Waals surface area contributed by atoms with Gasteiger partial charge in [-0.2, -0.15) is 0 Å². The number of aliphatic hydroxyl groups excluding tert-OH is 1. The first-order valence-corrected chi connectivity index (χ1v) is 4.75. The summed E-state index contributed by atoms with van der Waals surface area (Å²) in [5.74, 6) is 0.885. The number of piperidine rings is 1. The van der Waals surface area contributed by atoms with Gasteiger partial charge in [0.25, 0.3) is 0 Å². The average molecular weight is 157 g/mol. The maximum Gasteiger partial charge on any atom is 0.0431 e. The second-order valence-corrected chi connectivity index (χ2v) is 3.43. The van der Waals surface area contributed by atoms with E-state index in [0.29, 0.717) is 6.61 Å². The molecule has 0 aromatic heterocycles. The van der Waals surface area contributed by atoms with Gasteiger partial charge in [0.1, 0.15) is 0 Å². The second kappa shape index (κ2) is 5.56. The summed E-state index contributed by atoms with van der Waals surface area (Å²) in [4.78, 5) is 0. The molecule has 2 N–H and O–H groups in total. The molecule has 0 amide bonds. The summed E-state index contributed by atoms with van der Waals surface area (Å²) in [6.07, 6.45) is 6.20. The summed E-state index contributed by atoms with van der Waals surface area (Å²) in [6, 6.07) is 0. The summed E-state index contributed by atoms with van der Waals surface area (Å²) >= 11 is 0. The Morgan fingerprint density at radius 2 is 2.27 bits per heavy atom. The third-order valence-electron chi connectivity index (χ3n) is 2.42. The van der Waals surface area contributed by atoms with Crippen LogP contribution in [0.3, 0.4) is 0 Å². The average Bonchev–Trinajstić information content (AvgIpc) is 2.07. The lowest BCUT2D eigenvalue weighted by molar-refractivity contribution is 0.270. The Balaban J connectivity index is 1.96. The molecule has 1 heterocycles. The quantitative estimate of drug-likeness (QED) is 0.600. The van der Waals surface area contributed by atoms with Gasteiger partial charge in [0, 0.05) is 6.61 Å². The minimum absolute atomic E-state index is 0.361. The van der Waals surface area contributed by atoms with Crippen molar-refractivity contribution in [2.75, 3.05) is 19.7 Å². The Morgan fingerprint density at radius 1 is 1.36 bits per heavy atom. The van der Waals surface area contributed by atoms with E-state index >= 15 is 0 Å². The lowest BCUT2D eigenvalue weighted by Gasteiger charge is -2.22. The molecule has 0 unspecified atom stereocenters. The van der Waals surface area contributed by atoms with Crippen molar-refractivity contribution in [1.29, 1.82) is 0 Å². The number of nitrogens with one attached hydrogen (secondary N) is 1. The normalized spacial score (nSPS) is 25.4. The van der Waals surface area contributed by atoms with E-state index in [-0.39, 0.29) is 0 Å². The van der Waals surface area contributed by atoms with Crippen molar-refractivity contribution < 1.29 is 5.11 Å². The van der Waals surface area contributed by atoms with E-state index in [1.807, 2.05) is 0 Å². The number of unbranched alkanes of at least 4 members (excludes halogenated alkanes) is 1. The number of aliphatic hydroxyl groups is 1. The van der Waals surface area contributed by atoms with Crippen LogP contribution in [-0.4, -0.2) is 24.8 Å². The fourth-order valence-corrected chi connectivity index (χ4v) is 1.72. The summed E-state index contributed by atoms with van der Waals surface area (Å²) in [6.45, 7) is 2.77. The van der Waals surface area contributed by atoms with Crippen LogP contribution < -0.4 is 5.32 Å². The highest BCUT2D eigenvalue weighted by molar-refractivity contribution is 4.68. The molecule has 11 heavy (non-hydrogen) atoms. The zero-order chi connectivity index (χ0) is 7.94. The maximum absolute atomic E-state index is 8.58.